The van der Waals surface area contributed by atoms with Crippen molar-refractivity contribution < 1.29 is 13.6 Å². The largest absolute Gasteiger partial charge is 0.467 e. The molecule has 2 heterocycles. The zero-order valence-electron chi connectivity index (χ0n) is 16.2. The van der Waals surface area contributed by atoms with Crippen molar-refractivity contribution in [3.8, 4) is 0 Å². The Balaban J connectivity index is 1.54. The molecule has 0 fully saturated rings. The summed E-state index contributed by atoms with van der Waals surface area (Å²) in [5, 5.41) is 4.06. The van der Waals surface area contributed by atoms with E-state index in [0.717, 1.165) is 17.3 Å². The summed E-state index contributed by atoms with van der Waals surface area (Å²) in [6.45, 7) is 0.469. The number of benzene rings is 2. The van der Waals surface area contributed by atoms with Crippen LogP contribution in [0.3, 0.4) is 0 Å². The number of thioether (sulfide) groups is 1. The Bertz CT molecular complexity index is 1270. The molecule has 2 aromatic heterocycles. The smallest absolute Gasteiger partial charge is 0.262 e. The van der Waals surface area contributed by atoms with E-state index in [4.69, 9.17) is 16.0 Å². The number of fused-ring (bicyclic) bond motifs is 1. The summed E-state index contributed by atoms with van der Waals surface area (Å²) in [6.07, 6.45) is 1.53. The predicted molar refractivity (Wildman–Crippen MR) is 118 cm³/mol. The van der Waals surface area contributed by atoms with Crippen molar-refractivity contribution >= 4 is 40.2 Å². The zero-order chi connectivity index (χ0) is 21.8. The average molecular weight is 458 g/mol. The molecule has 0 atom stereocenters. The van der Waals surface area contributed by atoms with Crippen LogP contribution in [0, 0.1) is 5.82 Å². The van der Waals surface area contributed by atoms with Crippen LogP contribution in [0.5, 0.6) is 0 Å². The molecule has 0 aliphatic heterocycles. The second-order valence-electron chi connectivity index (χ2n) is 6.72. The number of nitrogens with zero attached hydrogens (tertiary/aromatic N) is 2. The number of amides is 1. The lowest BCUT2D eigenvalue weighted by atomic mass is 10.2. The first-order valence-electron chi connectivity index (χ1n) is 9.36. The van der Waals surface area contributed by atoms with Crippen LogP contribution in [0.4, 0.5) is 4.39 Å². The molecule has 9 heteroatoms. The number of rotatable bonds is 7. The van der Waals surface area contributed by atoms with Gasteiger partial charge in [0.1, 0.15) is 11.6 Å². The first-order chi connectivity index (χ1) is 15.0. The summed E-state index contributed by atoms with van der Waals surface area (Å²) < 4.78 is 19.9. The molecule has 0 unspecified atom stereocenters. The van der Waals surface area contributed by atoms with Gasteiger partial charge in [-0.3, -0.25) is 14.2 Å². The Hall–Kier alpha value is -3.10. The fourth-order valence-electron chi connectivity index (χ4n) is 2.97. The van der Waals surface area contributed by atoms with E-state index in [0.29, 0.717) is 26.8 Å². The fraction of sp³-hybridized carbons (Fsp3) is 0.136. The molecule has 158 valence electrons. The first kappa shape index (κ1) is 21.1. The minimum Gasteiger partial charge on any atom is -0.467 e. The number of halogens is 2. The van der Waals surface area contributed by atoms with Gasteiger partial charge in [0, 0.05) is 11.6 Å². The van der Waals surface area contributed by atoms with Crippen molar-refractivity contribution in [3.63, 3.8) is 0 Å². The van der Waals surface area contributed by atoms with Gasteiger partial charge in [-0.25, -0.2) is 9.37 Å². The maximum absolute atomic E-state index is 13.1. The van der Waals surface area contributed by atoms with Crippen molar-refractivity contribution in [1.29, 1.82) is 0 Å². The summed E-state index contributed by atoms with van der Waals surface area (Å²) in [6, 6.07) is 14.3. The Morgan fingerprint density at radius 2 is 2.00 bits per heavy atom. The molecule has 0 bridgehead atoms. The molecular formula is C22H17ClFN3O3S. The van der Waals surface area contributed by atoms with Crippen molar-refractivity contribution in [2.45, 2.75) is 18.2 Å². The summed E-state index contributed by atoms with van der Waals surface area (Å²) >= 11 is 7.20. The normalized spacial score (nSPS) is 11.0. The summed E-state index contributed by atoms with van der Waals surface area (Å²) in [4.78, 5) is 29.9. The summed E-state index contributed by atoms with van der Waals surface area (Å²) in [7, 11) is 0. The topological polar surface area (TPSA) is 77.1 Å². The summed E-state index contributed by atoms with van der Waals surface area (Å²) in [5.41, 5.74) is 1.00. The van der Waals surface area contributed by atoms with E-state index in [-0.39, 0.29) is 36.1 Å². The van der Waals surface area contributed by atoms with E-state index in [1.54, 1.807) is 42.5 Å². The van der Waals surface area contributed by atoms with Crippen LogP contribution in [-0.2, 0) is 17.9 Å². The maximum atomic E-state index is 13.1. The number of carbonyl (C=O) groups is 1. The van der Waals surface area contributed by atoms with E-state index in [1.165, 1.54) is 23.0 Å². The second kappa shape index (κ2) is 9.36. The van der Waals surface area contributed by atoms with Crippen LogP contribution >= 0.6 is 23.4 Å². The lowest BCUT2D eigenvalue weighted by Crippen LogP contribution is -2.27. The SMILES string of the molecule is O=C(CSc1nc2cc(Cl)ccc2c(=O)n1Cc1ccco1)NCc1ccc(F)cc1. The third-order valence-electron chi connectivity index (χ3n) is 4.51. The third kappa shape index (κ3) is 5.15. The minimum absolute atomic E-state index is 0.0534. The second-order valence-corrected chi connectivity index (χ2v) is 8.10. The van der Waals surface area contributed by atoms with Crippen molar-refractivity contribution in [1.82, 2.24) is 14.9 Å². The molecule has 0 aliphatic carbocycles. The molecule has 0 aliphatic rings. The highest BCUT2D eigenvalue weighted by Gasteiger charge is 2.15. The van der Waals surface area contributed by atoms with E-state index in [2.05, 4.69) is 10.3 Å². The number of furan rings is 1. The maximum Gasteiger partial charge on any atom is 0.262 e. The molecule has 0 radical (unpaired) electrons. The molecule has 1 amide bonds. The minimum atomic E-state index is -0.331. The van der Waals surface area contributed by atoms with E-state index in [1.807, 2.05) is 0 Å². The quantitative estimate of drug-likeness (QED) is 0.332. The lowest BCUT2D eigenvalue weighted by molar-refractivity contribution is -0.118. The molecule has 0 saturated carbocycles. The van der Waals surface area contributed by atoms with Crippen molar-refractivity contribution in [2.75, 3.05) is 5.75 Å². The highest BCUT2D eigenvalue weighted by molar-refractivity contribution is 7.99. The Kier molecular flexibility index (Phi) is 6.39. The van der Waals surface area contributed by atoms with Crippen LogP contribution < -0.4 is 10.9 Å². The first-order valence-corrected chi connectivity index (χ1v) is 10.7. The number of nitrogens with one attached hydrogen (secondary N) is 1. The Morgan fingerprint density at radius 1 is 1.19 bits per heavy atom. The van der Waals surface area contributed by atoms with Gasteiger partial charge in [0.05, 0.1) is 29.5 Å². The van der Waals surface area contributed by atoms with Gasteiger partial charge in [-0.1, -0.05) is 35.5 Å². The van der Waals surface area contributed by atoms with Crippen molar-refractivity contribution in [2.24, 2.45) is 0 Å². The van der Waals surface area contributed by atoms with Gasteiger partial charge < -0.3 is 9.73 Å². The average Bonchev–Trinajstić information content (AvgIpc) is 3.27. The van der Waals surface area contributed by atoms with Crippen LogP contribution in [-0.4, -0.2) is 21.2 Å². The van der Waals surface area contributed by atoms with Gasteiger partial charge in [-0.2, -0.15) is 0 Å². The van der Waals surface area contributed by atoms with Crippen LogP contribution in [0.2, 0.25) is 5.02 Å². The Morgan fingerprint density at radius 3 is 2.74 bits per heavy atom. The zero-order valence-corrected chi connectivity index (χ0v) is 17.8. The van der Waals surface area contributed by atoms with Crippen LogP contribution in [0.1, 0.15) is 11.3 Å². The molecule has 1 N–H and O–H groups in total. The molecule has 6 nitrogen and oxygen atoms in total. The molecule has 4 aromatic rings. The molecule has 31 heavy (non-hydrogen) atoms. The van der Waals surface area contributed by atoms with E-state index >= 15 is 0 Å². The third-order valence-corrected chi connectivity index (χ3v) is 5.72. The van der Waals surface area contributed by atoms with Gasteiger partial charge in [-0.15, -0.1) is 0 Å². The summed E-state index contributed by atoms with van der Waals surface area (Å²) in [5.74, 6) is 0.0829. The lowest BCUT2D eigenvalue weighted by Gasteiger charge is -2.12. The van der Waals surface area contributed by atoms with Crippen LogP contribution in [0.15, 0.2) is 75.2 Å². The fourth-order valence-corrected chi connectivity index (χ4v) is 3.96. The predicted octanol–water partition coefficient (Wildman–Crippen LogP) is 4.24. The van der Waals surface area contributed by atoms with Gasteiger partial charge in [0.2, 0.25) is 5.91 Å². The standard InChI is InChI=1S/C22H17ClFN3O3S/c23-15-5-8-18-19(10-15)26-22(27(21(18)29)12-17-2-1-9-30-17)31-13-20(28)25-11-14-3-6-16(24)7-4-14/h1-10H,11-13H2,(H,25,28). The Labute approximate surface area is 186 Å². The van der Waals surface area contributed by atoms with E-state index < -0.39 is 0 Å². The van der Waals surface area contributed by atoms with E-state index in [9.17, 15) is 14.0 Å². The van der Waals surface area contributed by atoms with Crippen LogP contribution in [0.25, 0.3) is 10.9 Å². The number of aromatic nitrogens is 2. The number of carbonyl (C=O) groups excluding carboxylic acids is 1. The number of hydrogen-bond donors (Lipinski definition) is 1. The van der Waals surface area contributed by atoms with Gasteiger partial charge in [-0.05, 0) is 48.0 Å². The monoisotopic (exact) mass is 457 g/mol. The molecule has 0 spiro atoms. The highest BCUT2D eigenvalue weighted by atomic mass is 35.5. The highest BCUT2D eigenvalue weighted by Crippen LogP contribution is 2.21. The number of hydrogen-bond acceptors (Lipinski definition) is 5. The molecule has 2 aromatic carbocycles. The molecule has 4 rings (SSSR count). The molecular weight excluding hydrogens is 441 g/mol. The molecule has 0 saturated heterocycles. The van der Waals surface area contributed by atoms with Gasteiger partial charge in [0.25, 0.3) is 5.56 Å². The van der Waals surface area contributed by atoms with Crippen molar-refractivity contribution in [3.05, 3.63) is 93.4 Å². The van der Waals surface area contributed by atoms with Gasteiger partial charge >= 0.3 is 0 Å². The van der Waals surface area contributed by atoms with Gasteiger partial charge in [0.15, 0.2) is 5.16 Å².